The lowest BCUT2D eigenvalue weighted by Crippen LogP contribution is -2.36. The summed E-state index contributed by atoms with van der Waals surface area (Å²) in [4.78, 5) is 29.2. The number of oxazole rings is 1. The molecule has 1 fully saturated rings. The molecule has 2 amide bonds. The summed E-state index contributed by atoms with van der Waals surface area (Å²) in [5.41, 5.74) is 1.48. The Morgan fingerprint density at radius 1 is 1.15 bits per heavy atom. The Morgan fingerprint density at radius 2 is 1.85 bits per heavy atom. The van der Waals surface area contributed by atoms with Gasteiger partial charge in [-0.2, -0.15) is 13.0 Å². The fourth-order valence-corrected chi connectivity index (χ4v) is 3.49. The van der Waals surface area contributed by atoms with Crippen LogP contribution >= 0.6 is 0 Å². The number of rotatable bonds is 3. The van der Waals surface area contributed by atoms with Crippen molar-refractivity contribution in [3.05, 3.63) is 48.8 Å². The first-order chi connectivity index (χ1) is 12.3. The highest BCUT2D eigenvalue weighted by Gasteiger charge is 2.46. The molecule has 1 aliphatic heterocycles. The second-order valence-corrected chi connectivity index (χ2v) is 7.30. The molecule has 0 aliphatic carbocycles. The normalized spacial score (nSPS) is 18.0. The molecule has 1 saturated heterocycles. The summed E-state index contributed by atoms with van der Waals surface area (Å²) < 4.78 is 38.7. The van der Waals surface area contributed by atoms with Gasteiger partial charge in [-0.1, -0.05) is 12.1 Å². The fourth-order valence-electron chi connectivity index (χ4n) is 2.77. The SMILES string of the molecule is O=C1CC(S(=O)(=O)O)C(=O)N1c1cc[n+](-c2nc3ccccc3o2)cc1. The van der Waals surface area contributed by atoms with Crippen LogP contribution in [0.4, 0.5) is 5.69 Å². The van der Waals surface area contributed by atoms with Gasteiger partial charge in [-0.3, -0.25) is 14.1 Å². The number of carbonyl (C=O) groups is 2. The van der Waals surface area contributed by atoms with E-state index in [0.717, 1.165) is 4.90 Å². The predicted molar refractivity (Wildman–Crippen MR) is 88.0 cm³/mol. The molecular weight excluding hydrogens is 362 g/mol. The van der Waals surface area contributed by atoms with Crippen molar-refractivity contribution < 1.29 is 31.5 Å². The zero-order valence-corrected chi connectivity index (χ0v) is 14.0. The van der Waals surface area contributed by atoms with Crippen molar-refractivity contribution in [1.82, 2.24) is 4.98 Å². The van der Waals surface area contributed by atoms with Crippen LogP contribution < -0.4 is 9.47 Å². The van der Waals surface area contributed by atoms with Crippen molar-refractivity contribution in [2.75, 3.05) is 4.90 Å². The van der Waals surface area contributed by atoms with Gasteiger partial charge >= 0.3 is 6.01 Å². The highest BCUT2D eigenvalue weighted by molar-refractivity contribution is 7.87. The first-order valence-corrected chi connectivity index (χ1v) is 9.05. The average molecular weight is 374 g/mol. The quantitative estimate of drug-likeness (QED) is 0.405. The van der Waals surface area contributed by atoms with Gasteiger partial charge in [0.2, 0.25) is 11.4 Å². The Bertz CT molecular complexity index is 1100. The zero-order valence-electron chi connectivity index (χ0n) is 13.1. The number of hydrogen-bond acceptors (Lipinski definition) is 6. The molecule has 1 unspecified atom stereocenters. The Balaban J connectivity index is 1.66. The van der Waals surface area contributed by atoms with E-state index in [4.69, 9.17) is 8.97 Å². The van der Waals surface area contributed by atoms with Gasteiger partial charge in [0.05, 0.1) is 12.1 Å². The van der Waals surface area contributed by atoms with E-state index in [1.807, 2.05) is 12.1 Å². The lowest BCUT2D eigenvalue weighted by Gasteiger charge is -2.13. The number of amides is 2. The van der Waals surface area contributed by atoms with Gasteiger partial charge in [0, 0.05) is 17.1 Å². The molecule has 1 aromatic carbocycles. The molecule has 0 radical (unpaired) electrons. The highest BCUT2D eigenvalue weighted by Crippen LogP contribution is 2.25. The number of imide groups is 1. The number of para-hydroxylation sites is 2. The minimum Gasteiger partial charge on any atom is -0.384 e. The monoisotopic (exact) mass is 374 g/mol. The van der Waals surface area contributed by atoms with Crippen LogP contribution in [-0.2, 0) is 19.7 Å². The summed E-state index contributed by atoms with van der Waals surface area (Å²) in [6, 6.07) is 10.4. The van der Waals surface area contributed by atoms with Crippen molar-refractivity contribution in [2.24, 2.45) is 0 Å². The molecule has 3 heterocycles. The zero-order chi connectivity index (χ0) is 18.5. The molecule has 4 rings (SSSR count). The third-order valence-electron chi connectivity index (χ3n) is 4.04. The van der Waals surface area contributed by atoms with E-state index in [1.54, 1.807) is 16.7 Å². The topological polar surface area (TPSA) is 122 Å². The van der Waals surface area contributed by atoms with E-state index in [2.05, 4.69) is 4.98 Å². The lowest BCUT2D eigenvalue weighted by molar-refractivity contribution is -0.612. The van der Waals surface area contributed by atoms with Gasteiger partial charge in [-0.05, 0) is 12.1 Å². The van der Waals surface area contributed by atoms with E-state index in [0.29, 0.717) is 17.1 Å². The third-order valence-corrected chi connectivity index (χ3v) is 5.13. The molecular formula is C16H12N3O6S+. The molecule has 1 atom stereocenters. The van der Waals surface area contributed by atoms with Crippen molar-refractivity contribution in [1.29, 1.82) is 0 Å². The maximum absolute atomic E-state index is 12.2. The van der Waals surface area contributed by atoms with Crippen LogP contribution in [0.2, 0.25) is 0 Å². The molecule has 1 N–H and O–H groups in total. The number of hydrogen-bond donors (Lipinski definition) is 1. The fraction of sp³-hybridized carbons (Fsp3) is 0.125. The Labute approximate surface area is 147 Å². The Kier molecular flexibility index (Phi) is 3.60. The van der Waals surface area contributed by atoms with Crippen LogP contribution in [0.1, 0.15) is 6.42 Å². The first-order valence-electron chi connectivity index (χ1n) is 7.55. The molecule has 2 aromatic heterocycles. The van der Waals surface area contributed by atoms with Crippen LogP contribution in [0.25, 0.3) is 17.1 Å². The molecule has 0 bridgehead atoms. The molecule has 3 aromatic rings. The van der Waals surface area contributed by atoms with Gasteiger partial charge in [0.15, 0.2) is 10.8 Å². The van der Waals surface area contributed by atoms with Crippen LogP contribution in [-0.4, -0.2) is 35.0 Å². The largest absolute Gasteiger partial charge is 0.509 e. The van der Waals surface area contributed by atoms with Gasteiger partial charge in [-0.15, -0.1) is 0 Å². The number of benzene rings is 1. The summed E-state index contributed by atoms with van der Waals surface area (Å²) in [7, 11) is -4.63. The number of carbonyl (C=O) groups excluding carboxylic acids is 2. The Morgan fingerprint density at radius 3 is 2.46 bits per heavy atom. The van der Waals surface area contributed by atoms with E-state index >= 15 is 0 Å². The van der Waals surface area contributed by atoms with E-state index in [9.17, 15) is 18.0 Å². The van der Waals surface area contributed by atoms with Crippen molar-refractivity contribution >= 4 is 38.7 Å². The highest BCUT2D eigenvalue weighted by atomic mass is 32.2. The summed E-state index contributed by atoms with van der Waals surface area (Å²) in [5.74, 6) is -1.67. The minimum absolute atomic E-state index is 0.193. The van der Waals surface area contributed by atoms with Gasteiger partial charge < -0.3 is 4.42 Å². The molecule has 10 heteroatoms. The second kappa shape index (κ2) is 5.71. The molecule has 132 valence electrons. The molecule has 26 heavy (non-hydrogen) atoms. The number of nitrogens with zero attached hydrogens (tertiary/aromatic N) is 3. The standard InChI is InChI=1S/C16H11N3O6S/c20-14-9-13(26(22,23)24)15(21)19(14)10-5-7-18(8-6-10)16-17-11-3-1-2-4-12(11)25-16/h1-8,13H,9H2/p+1. The van der Waals surface area contributed by atoms with Crippen LogP contribution in [0.3, 0.4) is 0 Å². The molecule has 1 aliphatic rings. The van der Waals surface area contributed by atoms with E-state index in [-0.39, 0.29) is 5.69 Å². The minimum atomic E-state index is -4.63. The Hall–Kier alpha value is -3.11. The van der Waals surface area contributed by atoms with Gasteiger partial charge in [0.1, 0.15) is 12.4 Å². The maximum atomic E-state index is 12.2. The summed E-state index contributed by atoms with van der Waals surface area (Å²) in [5, 5.41) is -1.76. The van der Waals surface area contributed by atoms with Crippen molar-refractivity contribution in [3.63, 3.8) is 0 Å². The summed E-state index contributed by atoms with van der Waals surface area (Å²) >= 11 is 0. The number of fused-ring (bicyclic) bond motifs is 1. The summed E-state index contributed by atoms with van der Waals surface area (Å²) in [6.07, 6.45) is 2.47. The van der Waals surface area contributed by atoms with Crippen molar-refractivity contribution in [2.45, 2.75) is 11.7 Å². The lowest BCUT2D eigenvalue weighted by atomic mass is 10.3. The average Bonchev–Trinajstić information content (AvgIpc) is 3.15. The predicted octanol–water partition coefficient (Wildman–Crippen LogP) is 0.624. The molecule has 0 saturated carbocycles. The summed E-state index contributed by atoms with van der Waals surface area (Å²) in [6.45, 7) is 0. The molecule has 9 nitrogen and oxygen atoms in total. The smallest absolute Gasteiger partial charge is 0.384 e. The maximum Gasteiger partial charge on any atom is 0.509 e. The molecule has 0 spiro atoms. The van der Waals surface area contributed by atoms with Gasteiger partial charge in [-0.25, -0.2) is 4.90 Å². The number of pyridine rings is 1. The first kappa shape index (κ1) is 16.4. The number of aromatic nitrogens is 2. The number of anilines is 1. The van der Waals surface area contributed by atoms with Gasteiger partial charge in [0.25, 0.3) is 16.0 Å². The van der Waals surface area contributed by atoms with Crippen LogP contribution in [0, 0.1) is 0 Å². The second-order valence-electron chi connectivity index (χ2n) is 5.70. The van der Waals surface area contributed by atoms with E-state index in [1.165, 1.54) is 24.5 Å². The van der Waals surface area contributed by atoms with Crippen LogP contribution in [0.15, 0.2) is 53.2 Å². The van der Waals surface area contributed by atoms with Crippen molar-refractivity contribution in [3.8, 4) is 6.01 Å². The third kappa shape index (κ3) is 2.65. The van der Waals surface area contributed by atoms with E-state index < -0.39 is 33.6 Å². The van der Waals surface area contributed by atoms with Crippen LogP contribution in [0.5, 0.6) is 0 Å².